The standard InChI is InChI=1S/C26H40O7/c1-4-29-17-12-13-18-30-20-24(21-32-23-14-8-7-9-15-23)33-25(27)16-10-5-6-11-19-31-26(28)22(2)3/h7-9,14-15,24H,2,4-6,10-13,16-21H2,1,3H3. The number of carbonyl (C=O) groups excluding carboxylic acids is 2. The molecule has 33 heavy (non-hydrogen) atoms. The zero-order valence-corrected chi connectivity index (χ0v) is 20.2. The van der Waals surface area contributed by atoms with Gasteiger partial charge in [0.05, 0.1) is 13.2 Å². The van der Waals surface area contributed by atoms with Crippen molar-refractivity contribution in [2.75, 3.05) is 39.6 Å². The first kappa shape index (κ1) is 28.7. The quantitative estimate of drug-likeness (QED) is 0.155. The lowest BCUT2D eigenvalue weighted by Gasteiger charge is -2.19. The van der Waals surface area contributed by atoms with Gasteiger partial charge >= 0.3 is 11.9 Å². The van der Waals surface area contributed by atoms with Gasteiger partial charge in [-0.1, -0.05) is 37.6 Å². The summed E-state index contributed by atoms with van der Waals surface area (Å²) in [5, 5.41) is 0. The van der Waals surface area contributed by atoms with E-state index in [0.29, 0.717) is 31.8 Å². The third-order valence-corrected chi connectivity index (χ3v) is 4.67. The fourth-order valence-electron chi connectivity index (χ4n) is 2.85. The van der Waals surface area contributed by atoms with Crippen LogP contribution in [0.25, 0.3) is 0 Å². The van der Waals surface area contributed by atoms with E-state index < -0.39 is 6.10 Å². The zero-order valence-electron chi connectivity index (χ0n) is 20.2. The van der Waals surface area contributed by atoms with Gasteiger partial charge in [0.1, 0.15) is 12.4 Å². The number of esters is 2. The van der Waals surface area contributed by atoms with E-state index in [1.807, 2.05) is 37.3 Å². The van der Waals surface area contributed by atoms with Crippen LogP contribution < -0.4 is 4.74 Å². The molecular weight excluding hydrogens is 424 g/mol. The van der Waals surface area contributed by atoms with Crippen LogP contribution in [0.15, 0.2) is 42.5 Å². The minimum absolute atomic E-state index is 0.239. The van der Waals surface area contributed by atoms with Gasteiger partial charge in [0, 0.05) is 31.8 Å². The largest absolute Gasteiger partial charge is 0.490 e. The first-order chi connectivity index (χ1) is 16.0. The van der Waals surface area contributed by atoms with Gasteiger partial charge in [0.25, 0.3) is 0 Å². The molecular formula is C26H40O7. The van der Waals surface area contributed by atoms with Crippen molar-refractivity contribution in [2.24, 2.45) is 0 Å². The van der Waals surface area contributed by atoms with Crippen molar-refractivity contribution in [3.8, 4) is 5.75 Å². The normalized spacial score (nSPS) is 11.6. The predicted molar refractivity (Wildman–Crippen MR) is 127 cm³/mol. The number of unbranched alkanes of at least 4 members (excludes halogenated alkanes) is 4. The SMILES string of the molecule is C=C(C)C(=O)OCCCCCCC(=O)OC(COCCCCOCC)COc1ccccc1. The summed E-state index contributed by atoms with van der Waals surface area (Å²) in [6.45, 7) is 10.1. The highest BCUT2D eigenvalue weighted by Gasteiger charge is 2.16. The molecule has 0 radical (unpaired) electrons. The summed E-state index contributed by atoms with van der Waals surface area (Å²) in [5.41, 5.74) is 0.401. The lowest BCUT2D eigenvalue weighted by Crippen LogP contribution is -2.30. The molecule has 0 fully saturated rings. The Hall–Kier alpha value is -2.38. The molecule has 7 nitrogen and oxygen atoms in total. The van der Waals surface area contributed by atoms with E-state index in [1.165, 1.54) is 0 Å². The number of para-hydroxylation sites is 1. The van der Waals surface area contributed by atoms with E-state index in [1.54, 1.807) is 6.92 Å². The van der Waals surface area contributed by atoms with Crippen LogP contribution in [0.2, 0.25) is 0 Å². The summed E-state index contributed by atoms with van der Waals surface area (Å²) < 4.78 is 27.5. The van der Waals surface area contributed by atoms with E-state index in [9.17, 15) is 9.59 Å². The van der Waals surface area contributed by atoms with Crippen LogP contribution in [0.3, 0.4) is 0 Å². The summed E-state index contributed by atoms with van der Waals surface area (Å²) in [4.78, 5) is 23.6. The molecule has 0 saturated heterocycles. The van der Waals surface area contributed by atoms with Gasteiger partial charge in [-0.3, -0.25) is 4.79 Å². The number of hydrogen-bond acceptors (Lipinski definition) is 7. The van der Waals surface area contributed by atoms with E-state index in [0.717, 1.165) is 57.5 Å². The average Bonchev–Trinajstić information content (AvgIpc) is 2.81. The number of hydrogen-bond donors (Lipinski definition) is 0. The Labute approximate surface area is 198 Å². The molecule has 0 N–H and O–H groups in total. The van der Waals surface area contributed by atoms with Crippen molar-refractivity contribution < 1.29 is 33.3 Å². The van der Waals surface area contributed by atoms with Crippen molar-refractivity contribution in [3.63, 3.8) is 0 Å². The van der Waals surface area contributed by atoms with Gasteiger partial charge in [-0.2, -0.15) is 0 Å². The van der Waals surface area contributed by atoms with E-state index >= 15 is 0 Å². The second-order valence-electron chi connectivity index (χ2n) is 7.80. The molecule has 186 valence electrons. The molecule has 0 spiro atoms. The van der Waals surface area contributed by atoms with Crippen LogP contribution in [0.5, 0.6) is 5.75 Å². The van der Waals surface area contributed by atoms with Crippen molar-refractivity contribution in [2.45, 2.75) is 64.9 Å². The molecule has 1 unspecified atom stereocenters. The molecule has 0 bridgehead atoms. The van der Waals surface area contributed by atoms with Gasteiger partial charge in [-0.15, -0.1) is 0 Å². The molecule has 0 heterocycles. The summed E-state index contributed by atoms with van der Waals surface area (Å²) in [6.07, 6.45) is 4.92. The number of carbonyl (C=O) groups is 2. The third-order valence-electron chi connectivity index (χ3n) is 4.67. The van der Waals surface area contributed by atoms with Crippen LogP contribution in [0, 0.1) is 0 Å². The molecule has 0 aliphatic heterocycles. The Balaban J connectivity index is 2.27. The van der Waals surface area contributed by atoms with Crippen LogP contribution in [0.4, 0.5) is 0 Å². The topological polar surface area (TPSA) is 80.3 Å². The Morgan fingerprint density at radius 3 is 2.24 bits per heavy atom. The highest BCUT2D eigenvalue weighted by molar-refractivity contribution is 5.86. The number of ether oxygens (including phenoxy) is 5. The van der Waals surface area contributed by atoms with Gasteiger partial charge in [-0.25, -0.2) is 4.79 Å². The first-order valence-corrected chi connectivity index (χ1v) is 11.9. The van der Waals surface area contributed by atoms with E-state index in [4.69, 9.17) is 23.7 Å². The summed E-state index contributed by atoms with van der Waals surface area (Å²) in [6, 6.07) is 9.43. The Kier molecular flexibility index (Phi) is 16.6. The fraction of sp³-hybridized carbons (Fsp3) is 0.615. The smallest absolute Gasteiger partial charge is 0.333 e. The van der Waals surface area contributed by atoms with Gasteiger partial charge in [-0.05, 0) is 51.7 Å². The predicted octanol–water partition coefficient (Wildman–Crippen LogP) is 4.88. The molecule has 0 amide bonds. The molecule has 7 heteroatoms. The van der Waals surface area contributed by atoms with Gasteiger partial charge in [0.15, 0.2) is 6.10 Å². The molecule has 1 rings (SSSR count). The van der Waals surface area contributed by atoms with E-state index in [2.05, 4.69) is 6.58 Å². The van der Waals surface area contributed by atoms with Crippen LogP contribution in [-0.2, 0) is 28.5 Å². The second-order valence-corrected chi connectivity index (χ2v) is 7.80. The molecule has 1 atom stereocenters. The van der Waals surface area contributed by atoms with Crippen LogP contribution >= 0.6 is 0 Å². The number of rotatable bonds is 20. The molecule has 0 aliphatic rings. The molecule has 0 aliphatic carbocycles. The molecule has 1 aromatic carbocycles. The molecule has 0 saturated carbocycles. The van der Waals surface area contributed by atoms with Crippen LogP contribution in [-0.4, -0.2) is 57.7 Å². The third kappa shape index (κ3) is 16.0. The maximum atomic E-state index is 12.3. The van der Waals surface area contributed by atoms with Gasteiger partial charge < -0.3 is 23.7 Å². The van der Waals surface area contributed by atoms with Crippen molar-refractivity contribution in [1.29, 1.82) is 0 Å². The highest BCUT2D eigenvalue weighted by Crippen LogP contribution is 2.11. The summed E-state index contributed by atoms with van der Waals surface area (Å²) in [7, 11) is 0. The van der Waals surface area contributed by atoms with Crippen molar-refractivity contribution >= 4 is 11.9 Å². The zero-order chi connectivity index (χ0) is 24.2. The lowest BCUT2D eigenvalue weighted by molar-refractivity contribution is -0.154. The first-order valence-electron chi connectivity index (χ1n) is 11.9. The Bertz CT molecular complexity index is 660. The summed E-state index contributed by atoms with van der Waals surface area (Å²) >= 11 is 0. The fourth-order valence-corrected chi connectivity index (χ4v) is 2.85. The maximum Gasteiger partial charge on any atom is 0.333 e. The monoisotopic (exact) mass is 464 g/mol. The lowest BCUT2D eigenvalue weighted by atomic mass is 10.1. The average molecular weight is 465 g/mol. The van der Waals surface area contributed by atoms with Gasteiger partial charge in [0.2, 0.25) is 0 Å². The maximum absolute atomic E-state index is 12.3. The highest BCUT2D eigenvalue weighted by atomic mass is 16.6. The summed E-state index contributed by atoms with van der Waals surface area (Å²) in [5.74, 6) is 0.104. The van der Waals surface area contributed by atoms with Crippen molar-refractivity contribution in [1.82, 2.24) is 0 Å². The Morgan fingerprint density at radius 2 is 1.55 bits per heavy atom. The Morgan fingerprint density at radius 1 is 0.879 bits per heavy atom. The second kappa shape index (κ2) is 19.1. The minimum atomic E-state index is -0.467. The number of benzene rings is 1. The molecule has 0 aromatic heterocycles. The van der Waals surface area contributed by atoms with Crippen molar-refractivity contribution in [3.05, 3.63) is 42.5 Å². The van der Waals surface area contributed by atoms with E-state index in [-0.39, 0.29) is 18.5 Å². The molecule has 1 aromatic rings. The van der Waals surface area contributed by atoms with Crippen LogP contribution in [0.1, 0.15) is 58.8 Å². The minimum Gasteiger partial charge on any atom is -0.490 e.